The van der Waals surface area contributed by atoms with Crippen LogP contribution in [-0.4, -0.2) is 62.8 Å². The predicted molar refractivity (Wildman–Crippen MR) is 60.4 cm³/mol. The number of anilines is 1. The van der Waals surface area contributed by atoms with Crippen molar-refractivity contribution in [2.24, 2.45) is 0 Å². The molecule has 2 rings (SSSR count). The zero-order valence-electron chi connectivity index (χ0n) is 9.43. The standard InChI is InChI=1S/C10H12N4O4/c15-9(16)7-6-13(3-4-14(7)10(17)18)8-5-11-1-2-12-8/h1-2,5,7H,3-4,6H2,(H,15,16)(H,17,18). The molecule has 18 heavy (non-hydrogen) atoms. The van der Waals surface area contributed by atoms with Crippen LogP contribution in [0, 0.1) is 0 Å². The normalized spacial score (nSPS) is 19.7. The quantitative estimate of drug-likeness (QED) is 0.746. The van der Waals surface area contributed by atoms with E-state index in [0.717, 1.165) is 4.90 Å². The lowest BCUT2D eigenvalue weighted by Gasteiger charge is -2.38. The minimum atomic E-state index is -1.22. The molecule has 1 unspecified atom stereocenters. The summed E-state index contributed by atoms with van der Waals surface area (Å²) in [5.74, 6) is -0.611. The van der Waals surface area contributed by atoms with Crippen LogP contribution in [0.3, 0.4) is 0 Å². The maximum atomic E-state index is 11.1. The Labute approximate surface area is 102 Å². The van der Waals surface area contributed by atoms with Gasteiger partial charge in [0.25, 0.3) is 0 Å². The minimum Gasteiger partial charge on any atom is -0.480 e. The Balaban J connectivity index is 2.16. The molecular weight excluding hydrogens is 240 g/mol. The van der Waals surface area contributed by atoms with Crippen LogP contribution in [0.4, 0.5) is 10.6 Å². The van der Waals surface area contributed by atoms with Gasteiger partial charge >= 0.3 is 12.1 Å². The first kappa shape index (κ1) is 12.1. The minimum absolute atomic E-state index is 0.0698. The monoisotopic (exact) mass is 252 g/mol. The van der Waals surface area contributed by atoms with Crippen molar-refractivity contribution in [3.8, 4) is 0 Å². The van der Waals surface area contributed by atoms with Crippen LogP contribution in [0.1, 0.15) is 0 Å². The Bertz CT molecular complexity index is 452. The van der Waals surface area contributed by atoms with E-state index in [4.69, 9.17) is 10.2 Å². The van der Waals surface area contributed by atoms with Gasteiger partial charge in [0, 0.05) is 25.5 Å². The van der Waals surface area contributed by atoms with Crippen molar-refractivity contribution in [1.82, 2.24) is 14.9 Å². The lowest BCUT2D eigenvalue weighted by Crippen LogP contribution is -2.58. The van der Waals surface area contributed by atoms with Gasteiger partial charge in [-0.15, -0.1) is 0 Å². The summed E-state index contributed by atoms with van der Waals surface area (Å²) in [5, 5.41) is 18.0. The summed E-state index contributed by atoms with van der Waals surface area (Å²) in [6, 6.07) is -1.08. The molecule has 0 spiro atoms. The molecule has 1 fully saturated rings. The first-order chi connectivity index (χ1) is 8.59. The van der Waals surface area contributed by atoms with Crippen LogP contribution < -0.4 is 4.90 Å². The topological polar surface area (TPSA) is 107 Å². The number of piperazine rings is 1. The first-order valence-corrected chi connectivity index (χ1v) is 5.33. The van der Waals surface area contributed by atoms with Crippen LogP contribution in [0.15, 0.2) is 18.6 Å². The fourth-order valence-corrected chi connectivity index (χ4v) is 1.89. The molecule has 0 radical (unpaired) electrons. The van der Waals surface area contributed by atoms with E-state index >= 15 is 0 Å². The van der Waals surface area contributed by atoms with Gasteiger partial charge in [0.1, 0.15) is 11.9 Å². The van der Waals surface area contributed by atoms with Gasteiger partial charge in [-0.1, -0.05) is 0 Å². The highest BCUT2D eigenvalue weighted by Gasteiger charge is 2.35. The predicted octanol–water partition coefficient (Wildman–Crippen LogP) is -0.270. The Morgan fingerprint density at radius 3 is 2.61 bits per heavy atom. The van der Waals surface area contributed by atoms with Crippen molar-refractivity contribution < 1.29 is 19.8 Å². The lowest BCUT2D eigenvalue weighted by atomic mass is 10.2. The third-order valence-electron chi connectivity index (χ3n) is 2.78. The zero-order valence-corrected chi connectivity index (χ0v) is 9.43. The van der Waals surface area contributed by atoms with E-state index < -0.39 is 18.1 Å². The summed E-state index contributed by atoms with van der Waals surface area (Å²) in [4.78, 5) is 32.6. The van der Waals surface area contributed by atoms with Gasteiger partial charge < -0.3 is 15.1 Å². The molecule has 0 aromatic carbocycles. The largest absolute Gasteiger partial charge is 0.480 e. The number of carbonyl (C=O) groups is 2. The van der Waals surface area contributed by atoms with E-state index in [1.165, 1.54) is 18.6 Å². The van der Waals surface area contributed by atoms with Crippen molar-refractivity contribution in [3.63, 3.8) is 0 Å². The summed E-state index contributed by atoms with van der Waals surface area (Å²) in [5.41, 5.74) is 0. The second-order valence-corrected chi connectivity index (χ2v) is 3.84. The second kappa shape index (κ2) is 4.86. The number of aromatic nitrogens is 2. The van der Waals surface area contributed by atoms with Crippen LogP contribution in [0.2, 0.25) is 0 Å². The molecule has 0 bridgehead atoms. The highest BCUT2D eigenvalue weighted by atomic mass is 16.4. The highest BCUT2D eigenvalue weighted by molar-refractivity contribution is 5.80. The van der Waals surface area contributed by atoms with Crippen molar-refractivity contribution in [2.45, 2.75) is 6.04 Å². The fraction of sp³-hybridized carbons (Fsp3) is 0.400. The molecule has 1 aliphatic rings. The number of rotatable bonds is 2. The summed E-state index contributed by atoms with van der Waals surface area (Å²) in [6.07, 6.45) is 3.33. The molecule has 1 atom stereocenters. The van der Waals surface area contributed by atoms with Gasteiger partial charge in [-0.05, 0) is 0 Å². The third-order valence-corrected chi connectivity index (χ3v) is 2.78. The molecule has 2 heterocycles. The van der Waals surface area contributed by atoms with E-state index in [1.54, 1.807) is 4.90 Å². The van der Waals surface area contributed by atoms with Gasteiger partial charge in [0.15, 0.2) is 0 Å². The van der Waals surface area contributed by atoms with E-state index in [0.29, 0.717) is 12.4 Å². The maximum absolute atomic E-state index is 11.1. The fourth-order valence-electron chi connectivity index (χ4n) is 1.89. The van der Waals surface area contributed by atoms with Crippen LogP contribution >= 0.6 is 0 Å². The summed E-state index contributed by atoms with van der Waals surface area (Å²) < 4.78 is 0. The summed E-state index contributed by atoms with van der Waals surface area (Å²) >= 11 is 0. The third kappa shape index (κ3) is 2.31. The number of carboxylic acid groups (broad SMARTS) is 2. The van der Waals surface area contributed by atoms with Crippen LogP contribution in [0.5, 0.6) is 0 Å². The number of hydrogen-bond acceptors (Lipinski definition) is 5. The number of carboxylic acids is 1. The van der Waals surface area contributed by atoms with E-state index in [-0.39, 0.29) is 13.1 Å². The van der Waals surface area contributed by atoms with Gasteiger partial charge in [-0.2, -0.15) is 0 Å². The average Bonchev–Trinajstić information content (AvgIpc) is 2.39. The Kier molecular flexibility index (Phi) is 3.26. The molecule has 1 aliphatic heterocycles. The molecule has 1 amide bonds. The van der Waals surface area contributed by atoms with E-state index in [1.807, 2.05) is 0 Å². The SMILES string of the molecule is O=C(O)C1CN(c2cnccn2)CCN1C(=O)O. The molecule has 1 aromatic rings. The molecule has 0 saturated carbocycles. The Morgan fingerprint density at radius 2 is 2.06 bits per heavy atom. The molecular formula is C10H12N4O4. The van der Waals surface area contributed by atoms with E-state index in [2.05, 4.69) is 9.97 Å². The van der Waals surface area contributed by atoms with Crippen molar-refractivity contribution in [3.05, 3.63) is 18.6 Å². The Morgan fingerprint density at radius 1 is 1.28 bits per heavy atom. The summed E-state index contributed by atoms with van der Waals surface area (Å²) in [6.45, 7) is 0.595. The highest BCUT2D eigenvalue weighted by Crippen LogP contribution is 2.16. The number of nitrogens with zero attached hydrogens (tertiary/aromatic N) is 4. The number of aliphatic carboxylic acids is 1. The van der Waals surface area contributed by atoms with Gasteiger partial charge in [0.05, 0.1) is 12.7 Å². The summed E-state index contributed by atoms with van der Waals surface area (Å²) in [7, 11) is 0. The molecule has 2 N–H and O–H groups in total. The lowest BCUT2D eigenvalue weighted by molar-refractivity contribution is -0.142. The molecule has 96 valence electrons. The number of hydrogen-bond donors (Lipinski definition) is 2. The number of amides is 1. The van der Waals surface area contributed by atoms with E-state index in [9.17, 15) is 9.59 Å². The van der Waals surface area contributed by atoms with Gasteiger partial charge in [0.2, 0.25) is 0 Å². The average molecular weight is 252 g/mol. The van der Waals surface area contributed by atoms with Crippen molar-refractivity contribution in [1.29, 1.82) is 0 Å². The van der Waals surface area contributed by atoms with Crippen molar-refractivity contribution in [2.75, 3.05) is 24.5 Å². The van der Waals surface area contributed by atoms with Gasteiger partial charge in [-0.25, -0.2) is 14.6 Å². The Hall–Kier alpha value is -2.38. The first-order valence-electron chi connectivity index (χ1n) is 5.33. The smallest absolute Gasteiger partial charge is 0.408 e. The molecule has 1 saturated heterocycles. The molecule has 1 aromatic heterocycles. The second-order valence-electron chi connectivity index (χ2n) is 3.84. The van der Waals surface area contributed by atoms with Crippen LogP contribution in [0.25, 0.3) is 0 Å². The molecule has 8 nitrogen and oxygen atoms in total. The van der Waals surface area contributed by atoms with Crippen molar-refractivity contribution >= 4 is 17.9 Å². The van der Waals surface area contributed by atoms with Gasteiger partial charge in [-0.3, -0.25) is 9.88 Å². The molecule has 8 heteroatoms. The molecule has 0 aliphatic carbocycles. The zero-order chi connectivity index (χ0) is 13.1. The maximum Gasteiger partial charge on any atom is 0.408 e. The van der Waals surface area contributed by atoms with Crippen LogP contribution in [-0.2, 0) is 4.79 Å².